The predicted octanol–water partition coefficient (Wildman–Crippen LogP) is 2.77. The van der Waals surface area contributed by atoms with Crippen LogP contribution in [0.3, 0.4) is 0 Å². The molecule has 0 saturated carbocycles. The van der Waals surface area contributed by atoms with Crippen molar-refractivity contribution < 1.29 is 0 Å². The lowest BCUT2D eigenvalue weighted by Gasteiger charge is -1.96. The average molecular weight is 134 g/mol. The van der Waals surface area contributed by atoms with Gasteiger partial charge in [-0.25, -0.2) is 0 Å². The molecule has 0 amide bonds. The molecule has 1 atom stereocenters. The Balaban J connectivity index is 3.39. The third-order valence-corrected chi connectivity index (χ3v) is 1.31. The zero-order valence-corrected chi connectivity index (χ0v) is 6.72. The van der Waals surface area contributed by atoms with Gasteiger partial charge in [-0.05, 0) is 31.9 Å². The van der Waals surface area contributed by atoms with Crippen LogP contribution in [0.1, 0.15) is 26.7 Å². The van der Waals surface area contributed by atoms with Gasteiger partial charge in [0.25, 0.3) is 0 Å². The third kappa shape index (κ3) is 5.22. The van der Waals surface area contributed by atoms with E-state index in [2.05, 4.69) is 18.6 Å². The van der Waals surface area contributed by atoms with Gasteiger partial charge in [-0.1, -0.05) is 6.92 Å². The van der Waals surface area contributed by atoms with Gasteiger partial charge in [-0.2, -0.15) is 0 Å². The van der Waals surface area contributed by atoms with E-state index in [1.54, 1.807) is 0 Å². The van der Waals surface area contributed by atoms with Gasteiger partial charge in [0.2, 0.25) is 0 Å². The second-order valence-electron chi connectivity index (χ2n) is 2.30. The molecule has 0 unspecified atom stereocenters. The van der Waals surface area contributed by atoms with Gasteiger partial charge in [0.1, 0.15) is 0 Å². The lowest BCUT2D eigenvalue weighted by atomic mass is 10.1. The summed E-state index contributed by atoms with van der Waals surface area (Å²) >= 11 is 0. The largest absolute Gasteiger partial charge is 0.130 e. The Hall–Kier alpha value is -0.920. The summed E-state index contributed by atoms with van der Waals surface area (Å²) in [7, 11) is 0. The van der Waals surface area contributed by atoms with Crippen molar-refractivity contribution in [3.8, 4) is 12.3 Å². The molecule has 0 N–H and O–H groups in total. The molecule has 0 rings (SSSR count). The topological polar surface area (TPSA) is 0 Å². The average Bonchev–Trinajstić information content (AvgIpc) is 1.98. The summed E-state index contributed by atoms with van der Waals surface area (Å²) in [5.41, 5.74) is 3.01. The van der Waals surface area contributed by atoms with Crippen LogP contribution in [0.25, 0.3) is 0 Å². The molecule has 10 heavy (non-hydrogen) atoms. The van der Waals surface area contributed by atoms with Crippen molar-refractivity contribution in [2.24, 2.45) is 5.92 Å². The van der Waals surface area contributed by atoms with E-state index < -0.39 is 0 Å². The molecule has 0 fully saturated rings. The van der Waals surface area contributed by atoms with Gasteiger partial charge in [-0.3, -0.25) is 0 Å². The Morgan fingerprint density at radius 3 is 2.80 bits per heavy atom. The van der Waals surface area contributed by atoms with Gasteiger partial charge in [0, 0.05) is 5.92 Å². The summed E-state index contributed by atoms with van der Waals surface area (Å²) in [6.07, 6.45) is 11.2. The third-order valence-electron chi connectivity index (χ3n) is 1.31. The van der Waals surface area contributed by atoms with E-state index in [1.165, 1.54) is 0 Å². The van der Waals surface area contributed by atoms with Crippen LogP contribution in [0.5, 0.6) is 0 Å². The Bertz CT molecular complexity index is 163. The van der Waals surface area contributed by atoms with E-state index in [0.29, 0.717) is 5.92 Å². The quantitative estimate of drug-likeness (QED) is 0.411. The maximum Gasteiger partial charge on any atom is 0.0175 e. The highest BCUT2D eigenvalue weighted by Gasteiger charge is 1.91. The zero-order valence-electron chi connectivity index (χ0n) is 6.72. The molecule has 0 spiro atoms. The van der Waals surface area contributed by atoms with Crippen LogP contribution < -0.4 is 0 Å². The van der Waals surface area contributed by atoms with Gasteiger partial charge >= 0.3 is 0 Å². The molecule has 0 aliphatic carbocycles. The monoisotopic (exact) mass is 134 g/mol. The van der Waals surface area contributed by atoms with Crippen molar-refractivity contribution in [1.82, 2.24) is 0 Å². The molecular weight excluding hydrogens is 120 g/mol. The standard InChI is InChI=1S/C10H14/c1-4-6-7-8-9-10(3)5-2/h2,4,7,10H,8-9H2,1,3H3/t6?,10-/m0/s1. The van der Waals surface area contributed by atoms with Crippen LogP contribution >= 0.6 is 0 Å². The summed E-state index contributed by atoms with van der Waals surface area (Å²) in [5.74, 6) is 3.08. The second-order valence-corrected chi connectivity index (χ2v) is 2.30. The van der Waals surface area contributed by atoms with E-state index in [0.717, 1.165) is 12.8 Å². The molecule has 0 aliphatic rings. The predicted molar refractivity (Wildman–Crippen MR) is 45.6 cm³/mol. The van der Waals surface area contributed by atoms with Gasteiger partial charge in [0.15, 0.2) is 0 Å². The second kappa shape index (κ2) is 6.20. The first-order chi connectivity index (χ1) is 4.81. The molecule has 0 aliphatic heterocycles. The number of hydrogen-bond acceptors (Lipinski definition) is 0. The normalized spacial score (nSPS) is 10.9. The lowest BCUT2D eigenvalue weighted by molar-refractivity contribution is 0.680. The Morgan fingerprint density at radius 2 is 2.30 bits per heavy atom. The number of allylic oxidation sites excluding steroid dienone is 1. The molecule has 0 aromatic carbocycles. The highest BCUT2D eigenvalue weighted by Crippen LogP contribution is 2.02. The highest BCUT2D eigenvalue weighted by atomic mass is 13.9. The molecule has 54 valence electrons. The summed E-state index contributed by atoms with van der Waals surface area (Å²) in [6.45, 7) is 4.02. The van der Waals surface area contributed by atoms with Crippen LogP contribution in [0.15, 0.2) is 17.9 Å². The van der Waals surface area contributed by atoms with Crippen molar-refractivity contribution in [2.45, 2.75) is 26.7 Å². The van der Waals surface area contributed by atoms with E-state index in [9.17, 15) is 0 Å². The van der Waals surface area contributed by atoms with Crippen LogP contribution in [-0.2, 0) is 0 Å². The summed E-state index contributed by atoms with van der Waals surface area (Å²) in [4.78, 5) is 0. The highest BCUT2D eigenvalue weighted by molar-refractivity contribution is 4.92. The van der Waals surface area contributed by atoms with Crippen LogP contribution in [0, 0.1) is 18.3 Å². The SMILES string of the molecule is C#C[C@H](C)CCC=C=CC. The van der Waals surface area contributed by atoms with Gasteiger partial charge < -0.3 is 0 Å². The Kier molecular flexibility index (Phi) is 5.63. The maximum atomic E-state index is 5.19. The summed E-state index contributed by atoms with van der Waals surface area (Å²) < 4.78 is 0. The molecule has 0 saturated heterocycles. The van der Waals surface area contributed by atoms with Crippen LogP contribution in [0.4, 0.5) is 0 Å². The van der Waals surface area contributed by atoms with E-state index in [4.69, 9.17) is 6.42 Å². The fraction of sp³-hybridized carbons (Fsp3) is 0.500. The van der Waals surface area contributed by atoms with Crippen molar-refractivity contribution in [3.63, 3.8) is 0 Å². The number of hydrogen-bond donors (Lipinski definition) is 0. The maximum absolute atomic E-state index is 5.19. The first kappa shape index (κ1) is 9.08. The molecule has 0 heterocycles. The Labute approximate surface area is 63.6 Å². The van der Waals surface area contributed by atoms with Gasteiger partial charge in [0.05, 0.1) is 0 Å². The minimum Gasteiger partial charge on any atom is -0.130 e. The molecular formula is C10H14. The molecule has 0 aromatic heterocycles. The van der Waals surface area contributed by atoms with Crippen LogP contribution in [0.2, 0.25) is 0 Å². The summed E-state index contributed by atoms with van der Waals surface area (Å²) in [6, 6.07) is 0. The summed E-state index contributed by atoms with van der Waals surface area (Å²) in [5, 5.41) is 0. The first-order valence-electron chi connectivity index (χ1n) is 3.63. The van der Waals surface area contributed by atoms with Crippen molar-refractivity contribution in [2.75, 3.05) is 0 Å². The molecule has 0 nitrogen and oxygen atoms in total. The molecule has 0 aromatic rings. The zero-order chi connectivity index (χ0) is 7.82. The fourth-order valence-electron chi connectivity index (χ4n) is 0.618. The number of terminal acetylenes is 1. The van der Waals surface area contributed by atoms with Crippen molar-refractivity contribution in [1.29, 1.82) is 0 Å². The van der Waals surface area contributed by atoms with Crippen molar-refractivity contribution in [3.05, 3.63) is 17.9 Å². The van der Waals surface area contributed by atoms with Crippen LogP contribution in [-0.4, -0.2) is 0 Å². The molecule has 0 radical (unpaired) electrons. The van der Waals surface area contributed by atoms with E-state index in [1.807, 2.05) is 19.1 Å². The number of rotatable bonds is 3. The first-order valence-corrected chi connectivity index (χ1v) is 3.63. The smallest absolute Gasteiger partial charge is 0.0175 e. The Morgan fingerprint density at radius 1 is 1.60 bits per heavy atom. The van der Waals surface area contributed by atoms with Crippen molar-refractivity contribution >= 4 is 0 Å². The lowest BCUT2D eigenvalue weighted by Crippen LogP contribution is -1.86. The molecule has 0 bridgehead atoms. The van der Waals surface area contributed by atoms with E-state index in [-0.39, 0.29) is 0 Å². The van der Waals surface area contributed by atoms with Gasteiger partial charge in [-0.15, -0.1) is 18.1 Å². The minimum absolute atomic E-state index is 0.398. The molecule has 0 heteroatoms. The van der Waals surface area contributed by atoms with E-state index >= 15 is 0 Å². The fourth-order valence-corrected chi connectivity index (χ4v) is 0.618. The minimum atomic E-state index is 0.398.